The minimum atomic E-state index is -4.29. The monoisotopic (exact) mass is 259 g/mol. The van der Waals surface area contributed by atoms with E-state index in [9.17, 15) is 13.2 Å². The van der Waals surface area contributed by atoms with Crippen LogP contribution in [0.1, 0.15) is 38.3 Å². The van der Waals surface area contributed by atoms with Gasteiger partial charge in [-0.1, -0.05) is 26.8 Å². The van der Waals surface area contributed by atoms with Crippen molar-refractivity contribution in [3.63, 3.8) is 0 Å². The standard InChI is InChI=1S/C14H20F3N/c1-5-12(9(2)3)18-13-8-11(14(15,16)17)7-6-10(13)4/h6-9,12,18H,5H2,1-4H3. The van der Waals surface area contributed by atoms with Gasteiger partial charge in [-0.2, -0.15) is 13.2 Å². The van der Waals surface area contributed by atoms with Gasteiger partial charge in [0, 0.05) is 11.7 Å². The van der Waals surface area contributed by atoms with E-state index in [4.69, 9.17) is 0 Å². The van der Waals surface area contributed by atoms with Gasteiger partial charge in [-0.05, 0) is 37.0 Å². The van der Waals surface area contributed by atoms with Crippen molar-refractivity contribution < 1.29 is 13.2 Å². The predicted molar refractivity (Wildman–Crippen MR) is 68.7 cm³/mol. The summed E-state index contributed by atoms with van der Waals surface area (Å²) >= 11 is 0. The van der Waals surface area contributed by atoms with Crippen molar-refractivity contribution in [3.05, 3.63) is 29.3 Å². The first-order valence-electron chi connectivity index (χ1n) is 6.20. The van der Waals surface area contributed by atoms with Crippen LogP contribution in [-0.2, 0) is 6.18 Å². The zero-order valence-corrected chi connectivity index (χ0v) is 11.2. The molecule has 1 unspecified atom stereocenters. The number of halogens is 3. The summed E-state index contributed by atoms with van der Waals surface area (Å²) in [6.07, 6.45) is -3.41. The van der Waals surface area contributed by atoms with Crippen LogP contribution in [0.25, 0.3) is 0 Å². The second-order valence-electron chi connectivity index (χ2n) is 4.93. The number of nitrogens with one attached hydrogen (secondary N) is 1. The molecule has 0 saturated carbocycles. The fourth-order valence-corrected chi connectivity index (χ4v) is 1.89. The highest BCUT2D eigenvalue weighted by atomic mass is 19.4. The van der Waals surface area contributed by atoms with Crippen LogP contribution in [0.15, 0.2) is 18.2 Å². The fraction of sp³-hybridized carbons (Fsp3) is 0.571. The summed E-state index contributed by atoms with van der Waals surface area (Å²) in [4.78, 5) is 0. The molecule has 0 saturated heterocycles. The molecule has 1 atom stereocenters. The first-order chi connectivity index (χ1) is 8.25. The molecule has 18 heavy (non-hydrogen) atoms. The molecule has 1 aromatic rings. The van der Waals surface area contributed by atoms with Gasteiger partial charge in [-0.25, -0.2) is 0 Å². The minimum Gasteiger partial charge on any atom is -0.382 e. The zero-order valence-electron chi connectivity index (χ0n) is 11.2. The van der Waals surface area contributed by atoms with E-state index >= 15 is 0 Å². The second-order valence-corrected chi connectivity index (χ2v) is 4.93. The van der Waals surface area contributed by atoms with Crippen molar-refractivity contribution in [1.82, 2.24) is 0 Å². The Hall–Kier alpha value is -1.19. The third-order valence-electron chi connectivity index (χ3n) is 3.15. The third kappa shape index (κ3) is 3.65. The molecule has 1 aromatic carbocycles. The van der Waals surface area contributed by atoms with Crippen LogP contribution in [-0.4, -0.2) is 6.04 Å². The Morgan fingerprint density at radius 1 is 1.22 bits per heavy atom. The van der Waals surface area contributed by atoms with E-state index in [-0.39, 0.29) is 6.04 Å². The second kappa shape index (κ2) is 5.63. The summed E-state index contributed by atoms with van der Waals surface area (Å²) in [6.45, 7) is 7.96. The van der Waals surface area contributed by atoms with Gasteiger partial charge in [-0.3, -0.25) is 0 Å². The topological polar surface area (TPSA) is 12.0 Å². The molecule has 4 heteroatoms. The first-order valence-corrected chi connectivity index (χ1v) is 6.20. The lowest BCUT2D eigenvalue weighted by atomic mass is 10.0. The maximum Gasteiger partial charge on any atom is 0.416 e. The normalized spacial score (nSPS) is 13.8. The number of aryl methyl sites for hydroxylation is 1. The van der Waals surface area contributed by atoms with Crippen molar-refractivity contribution in [2.75, 3.05) is 5.32 Å². The molecule has 102 valence electrons. The van der Waals surface area contributed by atoms with E-state index in [0.29, 0.717) is 11.6 Å². The number of hydrogen-bond acceptors (Lipinski definition) is 1. The van der Waals surface area contributed by atoms with Crippen LogP contribution >= 0.6 is 0 Å². The Morgan fingerprint density at radius 2 is 1.83 bits per heavy atom. The molecule has 0 heterocycles. The van der Waals surface area contributed by atoms with Crippen molar-refractivity contribution >= 4 is 5.69 Å². The predicted octanol–water partition coefficient (Wildman–Crippen LogP) is 4.86. The molecule has 0 bridgehead atoms. The maximum atomic E-state index is 12.6. The summed E-state index contributed by atoms with van der Waals surface area (Å²) in [7, 11) is 0. The van der Waals surface area contributed by atoms with Crippen LogP contribution in [0.3, 0.4) is 0 Å². The summed E-state index contributed by atoms with van der Waals surface area (Å²) in [5.74, 6) is 0.379. The third-order valence-corrected chi connectivity index (χ3v) is 3.15. The summed E-state index contributed by atoms with van der Waals surface area (Å²) < 4.78 is 37.9. The van der Waals surface area contributed by atoms with Gasteiger partial charge >= 0.3 is 6.18 Å². The van der Waals surface area contributed by atoms with E-state index in [0.717, 1.165) is 18.1 Å². The Kier molecular flexibility index (Phi) is 4.65. The van der Waals surface area contributed by atoms with E-state index in [1.54, 1.807) is 0 Å². The highest BCUT2D eigenvalue weighted by molar-refractivity contribution is 5.54. The van der Waals surface area contributed by atoms with E-state index in [2.05, 4.69) is 19.2 Å². The van der Waals surface area contributed by atoms with Gasteiger partial charge in [0.2, 0.25) is 0 Å². The number of anilines is 1. The molecule has 0 fully saturated rings. The summed E-state index contributed by atoms with van der Waals surface area (Å²) in [5.41, 5.74) is 0.807. The Balaban J connectivity index is 3.01. The molecule has 0 aromatic heterocycles. The van der Waals surface area contributed by atoms with Crippen LogP contribution in [0.5, 0.6) is 0 Å². The lowest BCUT2D eigenvalue weighted by Crippen LogP contribution is -2.25. The number of rotatable bonds is 4. The van der Waals surface area contributed by atoms with Gasteiger partial charge in [0.05, 0.1) is 5.56 Å². The van der Waals surface area contributed by atoms with E-state index in [1.165, 1.54) is 12.1 Å². The van der Waals surface area contributed by atoms with Gasteiger partial charge in [-0.15, -0.1) is 0 Å². The van der Waals surface area contributed by atoms with Crippen molar-refractivity contribution in [2.45, 2.75) is 46.3 Å². The molecule has 0 aliphatic rings. The first kappa shape index (κ1) is 14.9. The van der Waals surface area contributed by atoms with Gasteiger partial charge < -0.3 is 5.32 Å². The Bertz CT molecular complexity index is 397. The average Bonchev–Trinajstić information content (AvgIpc) is 2.25. The minimum absolute atomic E-state index is 0.187. The van der Waals surface area contributed by atoms with Crippen LogP contribution < -0.4 is 5.32 Å². The molecule has 1 rings (SSSR count). The van der Waals surface area contributed by atoms with Crippen LogP contribution in [0.4, 0.5) is 18.9 Å². The number of alkyl halides is 3. The molecular formula is C14H20F3N. The molecule has 1 nitrogen and oxygen atoms in total. The van der Waals surface area contributed by atoms with Crippen molar-refractivity contribution in [2.24, 2.45) is 5.92 Å². The fourth-order valence-electron chi connectivity index (χ4n) is 1.89. The Morgan fingerprint density at radius 3 is 2.28 bits per heavy atom. The summed E-state index contributed by atoms with van der Waals surface area (Å²) in [6, 6.07) is 4.02. The van der Waals surface area contributed by atoms with E-state index < -0.39 is 11.7 Å². The molecule has 0 aliphatic carbocycles. The molecular weight excluding hydrogens is 239 g/mol. The number of benzene rings is 1. The maximum absolute atomic E-state index is 12.6. The molecule has 1 N–H and O–H groups in total. The zero-order chi connectivity index (χ0) is 13.9. The van der Waals surface area contributed by atoms with Crippen molar-refractivity contribution in [3.8, 4) is 0 Å². The average molecular weight is 259 g/mol. The smallest absolute Gasteiger partial charge is 0.382 e. The lowest BCUT2D eigenvalue weighted by Gasteiger charge is -2.23. The quantitative estimate of drug-likeness (QED) is 0.814. The van der Waals surface area contributed by atoms with E-state index in [1.807, 2.05) is 13.8 Å². The van der Waals surface area contributed by atoms with Crippen LogP contribution in [0, 0.1) is 12.8 Å². The summed E-state index contributed by atoms with van der Waals surface area (Å²) in [5, 5.41) is 3.21. The van der Waals surface area contributed by atoms with Gasteiger partial charge in [0.1, 0.15) is 0 Å². The van der Waals surface area contributed by atoms with Gasteiger partial charge in [0.15, 0.2) is 0 Å². The van der Waals surface area contributed by atoms with Gasteiger partial charge in [0.25, 0.3) is 0 Å². The Labute approximate surface area is 106 Å². The number of hydrogen-bond donors (Lipinski definition) is 1. The molecule has 0 aliphatic heterocycles. The molecule has 0 amide bonds. The molecule has 0 spiro atoms. The molecule has 0 radical (unpaired) electrons. The largest absolute Gasteiger partial charge is 0.416 e. The van der Waals surface area contributed by atoms with Crippen molar-refractivity contribution in [1.29, 1.82) is 0 Å². The highest BCUT2D eigenvalue weighted by Crippen LogP contribution is 2.32. The highest BCUT2D eigenvalue weighted by Gasteiger charge is 2.31. The lowest BCUT2D eigenvalue weighted by molar-refractivity contribution is -0.137. The van der Waals surface area contributed by atoms with Crippen LogP contribution in [0.2, 0.25) is 0 Å². The SMILES string of the molecule is CCC(Nc1cc(C(F)(F)F)ccc1C)C(C)C.